The predicted octanol–water partition coefficient (Wildman–Crippen LogP) is 15.5. The molecule has 10 aliphatic carbocycles. The third-order valence-corrected chi connectivity index (χ3v) is 21.3. The normalized spacial score (nSPS) is 51.0. The second kappa shape index (κ2) is 16.5. The van der Waals surface area contributed by atoms with E-state index >= 15 is 0 Å². The third kappa shape index (κ3) is 6.89. The highest BCUT2D eigenvalue weighted by molar-refractivity contribution is 5.10. The van der Waals surface area contributed by atoms with Gasteiger partial charge in [0.1, 0.15) is 0 Å². The Bertz CT molecular complexity index is 973. The minimum absolute atomic E-state index is 1.11. The molecule has 0 heteroatoms. The maximum atomic E-state index is 1.66. The van der Waals surface area contributed by atoms with Crippen molar-refractivity contribution in [1.29, 1.82) is 0 Å². The molecule has 52 heavy (non-hydrogen) atoms. The lowest BCUT2D eigenvalue weighted by molar-refractivity contribution is -0.174. The van der Waals surface area contributed by atoms with Crippen LogP contribution in [0.5, 0.6) is 0 Å². The van der Waals surface area contributed by atoms with Gasteiger partial charge in [-0.25, -0.2) is 0 Å². The zero-order chi connectivity index (χ0) is 34.4. The first-order valence-corrected chi connectivity index (χ1v) is 25.8. The van der Waals surface area contributed by atoms with Crippen LogP contribution >= 0.6 is 0 Å². The molecule has 0 heterocycles. The highest BCUT2D eigenvalue weighted by Crippen LogP contribution is 2.68. The van der Waals surface area contributed by atoms with Crippen LogP contribution in [-0.2, 0) is 0 Å². The molecule has 0 aliphatic heterocycles. The molecule has 0 nitrogen and oxygen atoms in total. The summed E-state index contributed by atoms with van der Waals surface area (Å²) in [5, 5.41) is 0. The van der Waals surface area contributed by atoms with E-state index < -0.39 is 0 Å². The van der Waals surface area contributed by atoms with E-state index in [2.05, 4.69) is 0 Å². The summed E-state index contributed by atoms with van der Waals surface area (Å²) >= 11 is 0. The third-order valence-electron chi connectivity index (χ3n) is 21.3. The van der Waals surface area contributed by atoms with E-state index in [0.717, 1.165) is 107 Å². The van der Waals surface area contributed by atoms with E-state index in [9.17, 15) is 0 Å². The van der Waals surface area contributed by atoms with Crippen LogP contribution < -0.4 is 0 Å². The zero-order valence-electron chi connectivity index (χ0n) is 34.4. The highest BCUT2D eigenvalue weighted by atomic mass is 14.7. The van der Waals surface area contributed by atoms with Crippen LogP contribution in [0.15, 0.2) is 0 Å². The second-order valence-electron chi connectivity index (χ2n) is 22.9. The first-order chi connectivity index (χ1) is 25.8. The number of hydrogen-bond acceptors (Lipinski definition) is 0. The van der Waals surface area contributed by atoms with Gasteiger partial charge in [-0.05, 0) is 209 Å². The van der Waals surface area contributed by atoms with Crippen LogP contribution in [0.2, 0.25) is 0 Å². The monoisotopic (exact) mass is 711 g/mol. The van der Waals surface area contributed by atoms with Gasteiger partial charge in [0.25, 0.3) is 0 Å². The first-order valence-electron chi connectivity index (χ1n) is 25.8. The SMILES string of the molecule is C1CCC(C2CCC(C3C4CCCCC4C(C4C5CCCCC5C(C5CCC(C6CCCCC6)CC5)C5CCCCC54)C4CCCCC43)CC2)CC1. The summed E-state index contributed by atoms with van der Waals surface area (Å²) in [4.78, 5) is 0. The van der Waals surface area contributed by atoms with Crippen molar-refractivity contribution >= 4 is 0 Å². The average Bonchev–Trinajstić information content (AvgIpc) is 3.23. The number of hydrogen-bond donors (Lipinski definition) is 0. The molecular formula is C52H86. The molecule has 10 fully saturated rings. The van der Waals surface area contributed by atoms with E-state index in [1.807, 2.05) is 0 Å². The van der Waals surface area contributed by atoms with Gasteiger partial charge in [-0.2, -0.15) is 0 Å². The molecule has 0 amide bonds. The van der Waals surface area contributed by atoms with Crippen LogP contribution in [0.1, 0.15) is 218 Å². The molecule has 294 valence electrons. The minimum Gasteiger partial charge on any atom is -0.0533 e. The Labute approximate surface area is 323 Å². The van der Waals surface area contributed by atoms with Gasteiger partial charge in [0.05, 0.1) is 0 Å². The second-order valence-corrected chi connectivity index (χ2v) is 22.9. The number of rotatable bonds is 5. The van der Waals surface area contributed by atoms with E-state index in [1.54, 1.807) is 205 Å². The van der Waals surface area contributed by atoms with Gasteiger partial charge in [-0.1, -0.05) is 116 Å². The smallest absolute Gasteiger partial charge is 0.0318 e. The van der Waals surface area contributed by atoms with Gasteiger partial charge in [-0.3, -0.25) is 0 Å². The van der Waals surface area contributed by atoms with Crippen LogP contribution in [0.25, 0.3) is 0 Å². The van der Waals surface area contributed by atoms with Gasteiger partial charge in [0.2, 0.25) is 0 Å². The van der Waals surface area contributed by atoms with Crippen molar-refractivity contribution in [2.24, 2.45) is 107 Å². The molecular weight excluding hydrogens is 625 g/mol. The van der Waals surface area contributed by atoms with Crippen molar-refractivity contribution in [2.75, 3.05) is 0 Å². The topological polar surface area (TPSA) is 0 Å². The summed E-state index contributed by atoms with van der Waals surface area (Å²) in [6, 6.07) is 0. The van der Waals surface area contributed by atoms with Crippen LogP contribution in [-0.4, -0.2) is 0 Å². The van der Waals surface area contributed by atoms with Gasteiger partial charge >= 0.3 is 0 Å². The van der Waals surface area contributed by atoms with Gasteiger partial charge < -0.3 is 0 Å². The summed E-state index contributed by atoms with van der Waals surface area (Å²) < 4.78 is 0. The Balaban J connectivity index is 0.918. The van der Waals surface area contributed by atoms with Crippen LogP contribution in [0.3, 0.4) is 0 Å². The Morgan fingerprint density at radius 1 is 0.135 bits per heavy atom. The molecule has 10 saturated carbocycles. The molecule has 10 rings (SSSR count). The summed E-state index contributed by atoms with van der Waals surface area (Å²) in [6.07, 6.45) is 54.7. The van der Waals surface area contributed by atoms with E-state index in [4.69, 9.17) is 0 Å². The quantitative estimate of drug-likeness (QED) is 0.266. The molecule has 8 unspecified atom stereocenters. The molecule has 0 aromatic rings. The summed E-state index contributed by atoms with van der Waals surface area (Å²) in [7, 11) is 0. The lowest BCUT2D eigenvalue weighted by Crippen LogP contribution is -2.59. The molecule has 0 saturated heterocycles. The zero-order valence-corrected chi connectivity index (χ0v) is 34.4. The van der Waals surface area contributed by atoms with Crippen molar-refractivity contribution in [1.82, 2.24) is 0 Å². The van der Waals surface area contributed by atoms with E-state index in [-0.39, 0.29) is 0 Å². The van der Waals surface area contributed by atoms with Crippen molar-refractivity contribution in [3.05, 3.63) is 0 Å². The Morgan fingerprint density at radius 2 is 0.327 bits per heavy atom. The molecule has 0 N–H and O–H groups in total. The fraction of sp³-hybridized carbons (Fsp3) is 1.00. The van der Waals surface area contributed by atoms with Crippen molar-refractivity contribution in [3.63, 3.8) is 0 Å². The maximum Gasteiger partial charge on any atom is -0.0318 e. The lowest BCUT2D eigenvalue weighted by atomic mass is 9.39. The molecule has 0 spiro atoms. The number of fused-ring (bicyclic) bond motifs is 4. The van der Waals surface area contributed by atoms with Gasteiger partial charge in [0.15, 0.2) is 0 Å². The Morgan fingerprint density at radius 3 is 0.596 bits per heavy atom. The molecule has 0 radical (unpaired) electrons. The molecule has 0 aromatic carbocycles. The summed E-state index contributed by atoms with van der Waals surface area (Å²) in [5.74, 6) is 20.3. The molecule has 0 bridgehead atoms. The van der Waals surface area contributed by atoms with Crippen molar-refractivity contribution < 1.29 is 0 Å². The summed E-state index contributed by atoms with van der Waals surface area (Å²) in [6.45, 7) is 0. The molecule has 10 aliphatic rings. The predicted molar refractivity (Wildman–Crippen MR) is 220 cm³/mol. The van der Waals surface area contributed by atoms with Gasteiger partial charge in [0, 0.05) is 0 Å². The maximum absolute atomic E-state index is 1.66. The molecule has 8 atom stereocenters. The van der Waals surface area contributed by atoms with E-state index in [1.165, 1.54) is 12.8 Å². The van der Waals surface area contributed by atoms with Crippen LogP contribution in [0, 0.1) is 107 Å². The molecule has 0 aromatic heterocycles. The highest BCUT2D eigenvalue weighted by Gasteiger charge is 2.61. The van der Waals surface area contributed by atoms with E-state index in [0.29, 0.717) is 0 Å². The van der Waals surface area contributed by atoms with Gasteiger partial charge in [-0.15, -0.1) is 0 Å². The standard InChI is InChI=1S/C52H86/c1-3-15-35(16-4-1)37-27-31-39(32-28-37)49-41-19-7-11-23-45(41)51(46-24-12-8-20-42(46)49)52-47-25-13-9-21-43(47)50(44-22-10-14-26-48(44)52)40-33-29-38(30-34-40)36-17-5-2-6-18-36/h35-52H,1-34H2. The lowest BCUT2D eigenvalue weighted by Gasteiger charge is -2.66. The fourth-order valence-electron chi connectivity index (χ4n) is 19.6. The fourth-order valence-corrected chi connectivity index (χ4v) is 19.6. The first kappa shape index (κ1) is 36.3. The minimum atomic E-state index is 1.11. The van der Waals surface area contributed by atoms with Crippen molar-refractivity contribution in [2.45, 2.75) is 218 Å². The van der Waals surface area contributed by atoms with Crippen molar-refractivity contribution in [3.8, 4) is 0 Å². The average molecular weight is 711 g/mol. The largest absolute Gasteiger partial charge is 0.0533 e. The Hall–Kier alpha value is 0. The Kier molecular flexibility index (Phi) is 11.5. The van der Waals surface area contributed by atoms with Crippen LogP contribution in [0.4, 0.5) is 0 Å². The summed E-state index contributed by atoms with van der Waals surface area (Å²) in [5.41, 5.74) is 0.